The molecule has 0 aliphatic rings. The van der Waals surface area contributed by atoms with Gasteiger partial charge < -0.3 is 5.73 Å². The molecule has 5 nitrogen and oxygen atoms in total. The summed E-state index contributed by atoms with van der Waals surface area (Å²) in [6, 6.07) is 6.20. The molecule has 0 unspecified atom stereocenters. The van der Waals surface area contributed by atoms with Crippen LogP contribution in [0.4, 0.5) is 15.9 Å². The summed E-state index contributed by atoms with van der Waals surface area (Å²) in [6.07, 6.45) is 1.44. The highest BCUT2D eigenvalue weighted by atomic mass is 79.9. The minimum Gasteiger partial charge on any atom is -0.399 e. The topological polar surface area (TPSA) is 85.1 Å². The number of halogens is 2. The third kappa shape index (κ3) is 3.42. The average molecular weight is 346 g/mol. The fourth-order valence-corrected chi connectivity index (χ4v) is 2.68. The molecule has 0 atom stereocenters. The highest BCUT2D eigenvalue weighted by Crippen LogP contribution is 2.19. The van der Waals surface area contributed by atoms with Gasteiger partial charge in [0.25, 0.3) is 10.0 Å². The Labute approximate surface area is 117 Å². The number of benzene rings is 1. The first-order chi connectivity index (χ1) is 8.87. The van der Waals surface area contributed by atoms with Crippen molar-refractivity contribution in [1.29, 1.82) is 0 Å². The van der Waals surface area contributed by atoms with Crippen LogP contribution in [0.3, 0.4) is 0 Å². The average Bonchev–Trinajstić information content (AvgIpc) is 2.31. The Bertz CT molecular complexity index is 684. The zero-order chi connectivity index (χ0) is 14.0. The zero-order valence-corrected chi connectivity index (χ0v) is 11.9. The Morgan fingerprint density at radius 2 is 2.00 bits per heavy atom. The number of pyridine rings is 1. The molecule has 1 aromatic heterocycles. The van der Waals surface area contributed by atoms with Gasteiger partial charge in [-0.3, -0.25) is 4.72 Å². The Morgan fingerprint density at radius 3 is 2.58 bits per heavy atom. The molecule has 0 fully saturated rings. The molecule has 0 aliphatic carbocycles. The van der Waals surface area contributed by atoms with E-state index < -0.39 is 15.8 Å². The maximum atomic E-state index is 13.2. The van der Waals surface area contributed by atoms with Crippen LogP contribution >= 0.6 is 15.9 Å². The van der Waals surface area contributed by atoms with Crippen molar-refractivity contribution in [2.75, 3.05) is 10.5 Å². The number of nitrogens with one attached hydrogen (secondary N) is 1. The molecule has 8 heteroatoms. The molecule has 0 aliphatic heterocycles. The fraction of sp³-hybridized carbons (Fsp3) is 0. The van der Waals surface area contributed by atoms with E-state index in [1.54, 1.807) is 6.07 Å². The largest absolute Gasteiger partial charge is 0.399 e. The number of nitrogen functional groups attached to an aromatic ring is 1. The molecule has 1 aromatic carbocycles. The van der Waals surface area contributed by atoms with E-state index in [1.807, 2.05) is 0 Å². The maximum absolute atomic E-state index is 13.2. The standard InChI is InChI=1S/C11H9BrFN3O2S/c12-7-1-2-11(15-6-7)16-19(17,18)10-4-8(13)3-9(14)5-10/h1-6H,14H2,(H,15,16). The molecule has 0 saturated heterocycles. The summed E-state index contributed by atoms with van der Waals surface area (Å²) in [7, 11) is -3.92. The summed E-state index contributed by atoms with van der Waals surface area (Å²) in [4.78, 5) is 3.62. The minimum absolute atomic E-state index is 0.0316. The molecule has 0 bridgehead atoms. The van der Waals surface area contributed by atoms with E-state index in [9.17, 15) is 12.8 Å². The number of hydrogen-bond acceptors (Lipinski definition) is 4. The van der Waals surface area contributed by atoms with Crippen LogP contribution in [0.1, 0.15) is 0 Å². The van der Waals surface area contributed by atoms with Gasteiger partial charge in [-0.1, -0.05) is 0 Å². The first-order valence-electron chi connectivity index (χ1n) is 5.07. The first kappa shape index (κ1) is 13.8. The lowest BCUT2D eigenvalue weighted by Gasteiger charge is -2.08. The molecule has 0 amide bonds. The molecule has 1 heterocycles. The zero-order valence-electron chi connectivity index (χ0n) is 9.47. The van der Waals surface area contributed by atoms with Crippen molar-refractivity contribution in [2.45, 2.75) is 4.90 Å². The van der Waals surface area contributed by atoms with Gasteiger partial charge in [0.15, 0.2) is 0 Å². The van der Waals surface area contributed by atoms with Crippen molar-refractivity contribution in [3.63, 3.8) is 0 Å². The fourth-order valence-electron chi connectivity index (χ4n) is 1.37. The van der Waals surface area contributed by atoms with E-state index in [0.29, 0.717) is 4.47 Å². The van der Waals surface area contributed by atoms with Gasteiger partial charge in [0.05, 0.1) is 4.90 Å². The van der Waals surface area contributed by atoms with E-state index >= 15 is 0 Å². The quantitative estimate of drug-likeness (QED) is 0.836. The van der Waals surface area contributed by atoms with Crippen LogP contribution in [0.5, 0.6) is 0 Å². The summed E-state index contributed by atoms with van der Waals surface area (Å²) in [6.45, 7) is 0. The van der Waals surface area contributed by atoms with E-state index in [4.69, 9.17) is 5.73 Å². The second-order valence-corrected chi connectivity index (χ2v) is 6.29. The molecule has 100 valence electrons. The van der Waals surface area contributed by atoms with Crippen LogP contribution in [-0.2, 0) is 10.0 Å². The molecule has 3 N–H and O–H groups in total. The maximum Gasteiger partial charge on any atom is 0.263 e. The molecular formula is C11H9BrFN3O2S. The Balaban J connectivity index is 2.34. The van der Waals surface area contributed by atoms with Gasteiger partial charge in [-0.25, -0.2) is 17.8 Å². The van der Waals surface area contributed by atoms with E-state index in [0.717, 1.165) is 12.1 Å². The van der Waals surface area contributed by atoms with Crippen molar-refractivity contribution in [3.05, 3.63) is 46.8 Å². The predicted molar refractivity (Wildman–Crippen MR) is 73.6 cm³/mol. The Morgan fingerprint density at radius 1 is 1.26 bits per heavy atom. The number of rotatable bonds is 3. The second-order valence-electron chi connectivity index (χ2n) is 3.69. The number of hydrogen-bond donors (Lipinski definition) is 2. The molecule has 0 spiro atoms. The highest BCUT2D eigenvalue weighted by molar-refractivity contribution is 9.10. The van der Waals surface area contributed by atoms with Gasteiger partial charge in [-0.05, 0) is 46.3 Å². The number of aromatic nitrogens is 1. The minimum atomic E-state index is -3.92. The van der Waals surface area contributed by atoms with Crippen LogP contribution in [0.25, 0.3) is 0 Å². The summed E-state index contributed by atoms with van der Waals surface area (Å²) >= 11 is 3.18. The van der Waals surface area contributed by atoms with E-state index in [-0.39, 0.29) is 16.4 Å². The van der Waals surface area contributed by atoms with Gasteiger partial charge >= 0.3 is 0 Å². The van der Waals surface area contributed by atoms with Crippen LogP contribution < -0.4 is 10.5 Å². The van der Waals surface area contributed by atoms with Crippen LogP contribution in [0.2, 0.25) is 0 Å². The first-order valence-corrected chi connectivity index (χ1v) is 7.35. The summed E-state index contributed by atoms with van der Waals surface area (Å²) in [5, 5.41) is 0. The summed E-state index contributed by atoms with van der Waals surface area (Å²) < 4.78 is 40.1. The summed E-state index contributed by atoms with van der Waals surface area (Å²) in [5.74, 6) is -0.588. The van der Waals surface area contributed by atoms with Gasteiger partial charge in [0.2, 0.25) is 0 Å². The summed E-state index contributed by atoms with van der Waals surface area (Å²) in [5.41, 5.74) is 5.45. The smallest absolute Gasteiger partial charge is 0.263 e. The highest BCUT2D eigenvalue weighted by Gasteiger charge is 2.16. The van der Waals surface area contributed by atoms with Crippen LogP contribution in [0.15, 0.2) is 45.9 Å². The van der Waals surface area contributed by atoms with Crippen molar-refractivity contribution in [1.82, 2.24) is 4.98 Å². The second kappa shape index (κ2) is 5.14. The third-order valence-corrected chi connectivity index (χ3v) is 3.97. The number of anilines is 2. The van der Waals surface area contributed by atoms with Crippen LogP contribution in [-0.4, -0.2) is 13.4 Å². The SMILES string of the molecule is Nc1cc(F)cc(S(=O)(=O)Nc2ccc(Br)cn2)c1. The van der Waals surface area contributed by atoms with E-state index in [1.165, 1.54) is 18.3 Å². The number of sulfonamides is 1. The Hall–Kier alpha value is -1.67. The third-order valence-electron chi connectivity index (χ3n) is 2.17. The van der Waals surface area contributed by atoms with E-state index in [2.05, 4.69) is 25.6 Å². The van der Waals surface area contributed by atoms with Crippen molar-refractivity contribution < 1.29 is 12.8 Å². The molecule has 19 heavy (non-hydrogen) atoms. The lowest BCUT2D eigenvalue weighted by molar-refractivity contribution is 0.595. The van der Waals surface area contributed by atoms with Gasteiger partial charge in [0.1, 0.15) is 11.6 Å². The lowest BCUT2D eigenvalue weighted by atomic mass is 10.3. The molecule has 2 rings (SSSR count). The van der Waals surface area contributed by atoms with Crippen molar-refractivity contribution in [3.8, 4) is 0 Å². The number of nitrogens with zero attached hydrogens (tertiary/aromatic N) is 1. The normalized spacial score (nSPS) is 11.3. The molecule has 0 radical (unpaired) electrons. The Kier molecular flexibility index (Phi) is 3.72. The van der Waals surface area contributed by atoms with Crippen LogP contribution in [0, 0.1) is 5.82 Å². The monoisotopic (exact) mass is 345 g/mol. The van der Waals surface area contributed by atoms with Crippen molar-refractivity contribution >= 4 is 37.5 Å². The van der Waals surface area contributed by atoms with Gasteiger partial charge in [-0.15, -0.1) is 0 Å². The predicted octanol–water partition coefficient (Wildman–Crippen LogP) is 2.37. The molecular weight excluding hydrogens is 337 g/mol. The van der Waals surface area contributed by atoms with Gasteiger partial charge in [-0.2, -0.15) is 0 Å². The lowest BCUT2D eigenvalue weighted by Crippen LogP contribution is -2.14. The molecule has 0 saturated carbocycles. The van der Waals surface area contributed by atoms with Gasteiger partial charge in [0, 0.05) is 16.4 Å². The molecule has 2 aromatic rings. The number of nitrogens with two attached hydrogens (primary N) is 1. The van der Waals surface area contributed by atoms with Crippen molar-refractivity contribution in [2.24, 2.45) is 0 Å².